The summed E-state index contributed by atoms with van der Waals surface area (Å²) in [5.74, 6) is 0.213. The minimum absolute atomic E-state index is 0.0548. The van der Waals surface area contributed by atoms with Crippen molar-refractivity contribution in [3.8, 4) is 5.75 Å². The molecule has 0 aliphatic heterocycles. The third-order valence-electron chi connectivity index (χ3n) is 7.69. The van der Waals surface area contributed by atoms with Gasteiger partial charge in [0.25, 0.3) is 0 Å². The van der Waals surface area contributed by atoms with Crippen molar-refractivity contribution in [3.63, 3.8) is 0 Å². The summed E-state index contributed by atoms with van der Waals surface area (Å²) < 4.78 is 32.2. The molecule has 3 aromatic rings. The number of benzene rings is 3. The highest BCUT2D eigenvalue weighted by Crippen LogP contribution is 2.23. The third-order valence-corrected chi connectivity index (χ3v) is 8.88. The van der Waals surface area contributed by atoms with E-state index in [-0.39, 0.29) is 37.4 Å². The topological polar surface area (TPSA) is 96.0 Å². The Kier molecular flexibility index (Phi) is 12.2. The maximum Gasteiger partial charge on any atom is 0.243 e. The molecular weight excluding hydrogens is 562 g/mol. The second kappa shape index (κ2) is 15.6. The first-order chi connectivity index (χ1) is 20.4. The predicted octanol–water partition coefficient (Wildman–Crippen LogP) is 5.41. The average molecular weight is 608 g/mol. The first-order valence-corrected chi connectivity index (χ1v) is 16.6. The molecule has 0 aliphatic rings. The Morgan fingerprint density at radius 3 is 2.26 bits per heavy atom. The lowest BCUT2D eigenvalue weighted by atomic mass is 10.0. The molecule has 0 bridgehead atoms. The number of ether oxygens (including phenoxy) is 1. The summed E-state index contributed by atoms with van der Waals surface area (Å²) in [6.07, 6.45) is 2.64. The summed E-state index contributed by atoms with van der Waals surface area (Å²) in [5.41, 5.74) is 4.40. The van der Waals surface area contributed by atoms with Crippen molar-refractivity contribution in [2.75, 3.05) is 24.2 Å². The van der Waals surface area contributed by atoms with Gasteiger partial charge in [-0.05, 0) is 80.1 Å². The summed E-state index contributed by atoms with van der Waals surface area (Å²) in [6.45, 7) is 8.20. The SMILES string of the molecule is CC[C@@H](C)NC(=O)[C@@H](Cc1ccccc1)N(Cc1cccc(OC)c1)C(=O)CCCN(c1ccc(C)c(C)c1)S(C)(=O)=O. The second-order valence-corrected chi connectivity index (χ2v) is 13.0. The van der Waals surface area contributed by atoms with E-state index in [2.05, 4.69) is 5.32 Å². The highest BCUT2D eigenvalue weighted by atomic mass is 32.2. The summed E-state index contributed by atoms with van der Waals surface area (Å²) in [7, 11) is -1.99. The number of anilines is 1. The number of amides is 2. The first-order valence-electron chi connectivity index (χ1n) is 14.7. The lowest BCUT2D eigenvalue weighted by Crippen LogP contribution is -2.52. The summed E-state index contributed by atoms with van der Waals surface area (Å²) in [5, 5.41) is 3.07. The molecular formula is C34H45N3O5S. The fourth-order valence-corrected chi connectivity index (χ4v) is 5.80. The van der Waals surface area contributed by atoms with Gasteiger partial charge in [0.1, 0.15) is 11.8 Å². The number of nitrogens with zero attached hydrogens (tertiary/aromatic N) is 2. The highest BCUT2D eigenvalue weighted by molar-refractivity contribution is 7.92. The molecule has 1 N–H and O–H groups in total. The molecule has 3 aromatic carbocycles. The van der Waals surface area contributed by atoms with Crippen LogP contribution in [0.15, 0.2) is 72.8 Å². The Hall–Kier alpha value is -3.85. The number of nitrogens with one attached hydrogen (secondary N) is 1. The van der Waals surface area contributed by atoms with E-state index < -0.39 is 16.1 Å². The maximum atomic E-state index is 14.0. The van der Waals surface area contributed by atoms with E-state index in [1.165, 1.54) is 10.6 Å². The number of rotatable bonds is 15. The van der Waals surface area contributed by atoms with Crippen molar-refractivity contribution < 1.29 is 22.7 Å². The Balaban J connectivity index is 1.91. The van der Waals surface area contributed by atoms with Gasteiger partial charge in [0.15, 0.2) is 0 Å². The largest absolute Gasteiger partial charge is 0.497 e. The lowest BCUT2D eigenvalue weighted by Gasteiger charge is -2.33. The van der Waals surface area contributed by atoms with Gasteiger partial charge < -0.3 is 15.0 Å². The predicted molar refractivity (Wildman–Crippen MR) is 173 cm³/mol. The van der Waals surface area contributed by atoms with Gasteiger partial charge in [-0.15, -0.1) is 0 Å². The molecule has 9 heteroatoms. The molecule has 0 saturated heterocycles. The van der Waals surface area contributed by atoms with Crippen molar-refractivity contribution in [3.05, 3.63) is 95.1 Å². The molecule has 0 heterocycles. The second-order valence-electron chi connectivity index (χ2n) is 11.1. The molecule has 0 unspecified atom stereocenters. The van der Waals surface area contributed by atoms with Crippen LogP contribution in [0.5, 0.6) is 5.75 Å². The van der Waals surface area contributed by atoms with Gasteiger partial charge in [-0.1, -0.05) is 55.5 Å². The molecule has 0 aromatic heterocycles. The molecule has 0 aliphatic carbocycles. The summed E-state index contributed by atoms with van der Waals surface area (Å²) in [6, 6.07) is 21.8. The van der Waals surface area contributed by atoms with Gasteiger partial charge in [-0.25, -0.2) is 8.42 Å². The molecule has 2 atom stereocenters. The van der Waals surface area contributed by atoms with Crippen molar-refractivity contribution in [1.29, 1.82) is 0 Å². The number of carbonyl (C=O) groups is 2. The Morgan fingerprint density at radius 1 is 0.930 bits per heavy atom. The number of carbonyl (C=O) groups excluding carboxylic acids is 2. The van der Waals surface area contributed by atoms with Gasteiger partial charge in [-0.2, -0.15) is 0 Å². The summed E-state index contributed by atoms with van der Waals surface area (Å²) in [4.78, 5) is 29.3. The molecule has 0 radical (unpaired) electrons. The number of sulfonamides is 1. The molecule has 3 rings (SSSR count). The fraction of sp³-hybridized carbons (Fsp3) is 0.412. The van der Waals surface area contributed by atoms with Gasteiger partial charge in [0, 0.05) is 32.0 Å². The van der Waals surface area contributed by atoms with Gasteiger partial charge in [0.2, 0.25) is 21.8 Å². The summed E-state index contributed by atoms with van der Waals surface area (Å²) >= 11 is 0. The van der Waals surface area contributed by atoms with Gasteiger partial charge in [-0.3, -0.25) is 13.9 Å². The van der Waals surface area contributed by atoms with Crippen LogP contribution in [0.1, 0.15) is 55.4 Å². The number of methoxy groups -OCH3 is 1. The van der Waals surface area contributed by atoms with Crippen LogP contribution in [0.3, 0.4) is 0 Å². The van der Waals surface area contributed by atoms with Crippen LogP contribution in [-0.4, -0.2) is 57.1 Å². The van der Waals surface area contributed by atoms with Crippen LogP contribution in [0.25, 0.3) is 0 Å². The van der Waals surface area contributed by atoms with Crippen molar-refractivity contribution in [1.82, 2.24) is 10.2 Å². The van der Waals surface area contributed by atoms with Crippen LogP contribution in [0.4, 0.5) is 5.69 Å². The minimum atomic E-state index is -3.58. The van der Waals surface area contributed by atoms with Gasteiger partial charge in [0.05, 0.1) is 19.1 Å². The van der Waals surface area contributed by atoms with E-state index in [1.54, 1.807) is 18.1 Å². The van der Waals surface area contributed by atoms with Crippen molar-refractivity contribution >= 4 is 27.5 Å². The Bertz CT molecular complexity index is 1480. The first kappa shape index (κ1) is 33.6. The van der Waals surface area contributed by atoms with E-state index in [4.69, 9.17) is 4.74 Å². The normalized spacial score (nSPS) is 12.7. The molecule has 8 nitrogen and oxygen atoms in total. The minimum Gasteiger partial charge on any atom is -0.497 e. The molecule has 0 spiro atoms. The van der Waals surface area contributed by atoms with Crippen molar-refractivity contribution in [2.45, 2.75) is 72.0 Å². The zero-order chi connectivity index (χ0) is 31.6. The molecule has 232 valence electrons. The van der Waals surface area contributed by atoms with Crippen LogP contribution in [0, 0.1) is 13.8 Å². The van der Waals surface area contributed by atoms with Crippen molar-refractivity contribution in [2.24, 2.45) is 0 Å². The monoisotopic (exact) mass is 607 g/mol. The quantitative estimate of drug-likeness (QED) is 0.249. The smallest absolute Gasteiger partial charge is 0.243 e. The maximum absolute atomic E-state index is 14.0. The van der Waals surface area contributed by atoms with Crippen LogP contribution < -0.4 is 14.4 Å². The molecule has 0 saturated carbocycles. The van der Waals surface area contributed by atoms with E-state index in [0.29, 0.717) is 24.3 Å². The lowest BCUT2D eigenvalue weighted by molar-refractivity contribution is -0.141. The third kappa shape index (κ3) is 9.85. The van der Waals surface area contributed by atoms with Gasteiger partial charge >= 0.3 is 0 Å². The molecule has 2 amide bonds. The van der Waals surface area contributed by atoms with Crippen LogP contribution >= 0.6 is 0 Å². The molecule has 0 fully saturated rings. The Morgan fingerprint density at radius 2 is 1.63 bits per heavy atom. The highest BCUT2D eigenvalue weighted by Gasteiger charge is 2.31. The standard InChI is InChI=1S/C34H45N3O5S/c1-7-27(4)35-34(39)32(23-28-13-9-8-10-14-28)36(24-29-15-11-16-31(22-29)42-5)33(38)17-12-20-37(43(6,40)41)30-19-18-25(2)26(3)21-30/h8-11,13-16,18-19,21-22,27,32H,7,12,17,20,23-24H2,1-6H3,(H,35,39)/t27-,32-/m1/s1. The van der Waals surface area contributed by atoms with E-state index >= 15 is 0 Å². The Labute approximate surface area is 257 Å². The van der Waals surface area contributed by atoms with E-state index in [9.17, 15) is 18.0 Å². The zero-order valence-corrected chi connectivity index (χ0v) is 27.0. The number of aryl methyl sites for hydroxylation is 2. The van der Waals surface area contributed by atoms with E-state index in [1.807, 2.05) is 94.4 Å². The zero-order valence-electron chi connectivity index (χ0n) is 26.2. The van der Waals surface area contributed by atoms with E-state index in [0.717, 1.165) is 28.7 Å². The van der Waals surface area contributed by atoms with Crippen LogP contribution in [0.2, 0.25) is 0 Å². The number of hydrogen-bond acceptors (Lipinski definition) is 5. The average Bonchev–Trinajstić information content (AvgIpc) is 2.98. The number of hydrogen-bond donors (Lipinski definition) is 1. The van der Waals surface area contributed by atoms with Crippen LogP contribution in [-0.2, 0) is 32.6 Å². The molecule has 43 heavy (non-hydrogen) atoms. The fourth-order valence-electron chi connectivity index (χ4n) is 4.85.